The molecule has 4 rings (SSSR count). The Morgan fingerprint density at radius 2 is 1.48 bits per heavy atom. The summed E-state index contributed by atoms with van der Waals surface area (Å²) in [6, 6.07) is -2.05. The van der Waals surface area contributed by atoms with Gasteiger partial charge in [-0.15, -0.1) is 0 Å². The average Bonchev–Trinajstić information content (AvgIpc) is 3.45. The fourth-order valence-electron chi connectivity index (χ4n) is 11.1. The topological polar surface area (TPSA) is 274 Å². The number of ketones is 2. The van der Waals surface area contributed by atoms with Gasteiger partial charge in [-0.2, -0.15) is 0 Å². The molecule has 4 aliphatic rings. The number of cyclic esters (lactones) is 1. The first-order valence-corrected chi connectivity index (χ1v) is 29.9. The number of carbonyl (C=O) groups excluding carboxylic acids is 4. The van der Waals surface area contributed by atoms with Crippen LogP contribution in [-0.2, 0) is 61.8 Å². The largest absolute Gasteiger partial charge is 0.465 e. The zero-order valence-corrected chi connectivity index (χ0v) is 50.5. The lowest BCUT2D eigenvalue weighted by molar-refractivity contribution is -0.265. The van der Waals surface area contributed by atoms with Gasteiger partial charge in [0.2, 0.25) is 5.79 Å². The summed E-state index contributed by atoms with van der Waals surface area (Å²) in [6.07, 6.45) is 8.32. The van der Waals surface area contributed by atoms with E-state index >= 15 is 0 Å². The number of nitrogens with one attached hydrogen (secondary N) is 1. The van der Waals surface area contributed by atoms with Crippen LogP contribution in [0.15, 0.2) is 47.6 Å². The minimum absolute atomic E-state index is 0.0347. The van der Waals surface area contributed by atoms with Crippen LogP contribution in [0, 0.1) is 29.6 Å². The van der Waals surface area contributed by atoms with E-state index in [1.165, 1.54) is 0 Å². The van der Waals surface area contributed by atoms with Crippen LogP contribution in [-0.4, -0.2) is 201 Å². The molecule has 3 heterocycles. The number of carbonyl (C=O) groups is 4. The highest BCUT2D eigenvalue weighted by Crippen LogP contribution is 2.37. The lowest BCUT2D eigenvalue weighted by Gasteiger charge is -2.43. The molecule has 3 fully saturated rings. The van der Waals surface area contributed by atoms with Crippen molar-refractivity contribution < 1.29 is 82.2 Å². The van der Waals surface area contributed by atoms with Crippen LogP contribution in [0.5, 0.6) is 0 Å². The number of fused-ring (bicyclic) bond motifs is 3. The molecule has 2 bridgehead atoms. The normalized spacial score (nSPS) is 35.6. The number of amides is 1. The standard InChI is InChI=1S/C60H99N3O17S/c1-10-74-26-27-76-30-31-77-29-28-75-25-23-62-59(81)79-49-22-20-44(35-52(49)73-9)34-46(61)51-37-48(64)40(4)33-42(6)54(66)55(67)53(65)41(5)32-38(2)16-12-11-13-17-39(3)50(72-8)36-45-21-19-43(7)60(71,80-45)56(68)57(69)63-24-15-14-18-47(63)58(70)78-51/h11-13,16-17,33,38,40-41,43-52,54-55,64,66-67,71H,10,14-15,18-32,34-37,61H2,1-9H3,(H,62,81)/b13-11+,16-12+,39-17+,42-33+/t38-,40-,41-,43-,44+,45+,46-,47+,48-,49-,50+,51+,52-,54-,55+,60-/m1/s1. The summed E-state index contributed by atoms with van der Waals surface area (Å²) < 4.78 is 52.3. The van der Waals surface area contributed by atoms with E-state index < -0.39 is 95.7 Å². The fraction of sp³-hybridized carbons (Fsp3) is 0.783. The van der Waals surface area contributed by atoms with Gasteiger partial charge in [0.15, 0.2) is 5.78 Å². The molecule has 0 radical (unpaired) electrons. The van der Waals surface area contributed by atoms with Crippen molar-refractivity contribution in [3.8, 4) is 0 Å². The minimum Gasteiger partial charge on any atom is -0.465 e. The van der Waals surface area contributed by atoms with Crippen LogP contribution in [0.4, 0.5) is 0 Å². The van der Waals surface area contributed by atoms with Crippen molar-refractivity contribution >= 4 is 40.8 Å². The van der Waals surface area contributed by atoms with Gasteiger partial charge in [-0.05, 0) is 120 Å². The molecule has 0 aromatic heterocycles. The molecule has 0 aromatic carbocycles. The number of hydrogen-bond donors (Lipinski definition) is 6. The maximum atomic E-state index is 14.6. The first-order chi connectivity index (χ1) is 38.6. The summed E-state index contributed by atoms with van der Waals surface area (Å²) in [5, 5.41) is 49.6. The number of ether oxygens (including phenoxy) is 9. The van der Waals surface area contributed by atoms with Crippen LogP contribution in [0.1, 0.15) is 126 Å². The van der Waals surface area contributed by atoms with Crippen molar-refractivity contribution in [2.24, 2.45) is 35.3 Å². The SMILES string of the molecule is CCOCCOCCOCCOCCNC(=S)O[C@@H]1CC[C@@H](C[C@@H](N)[C@@H]2C[C@@H](O)[C@H](C)/C=C(\C)[C@@H](O)[C@@H](O)C(=O)[C@H](C)C[C@H](C)/C=C/C=C/C=C(\C)[C@@H](OC)C[C@@H]3CC[C@@H](C)[C@@](O)(O3)C(=O)C(=O)N3CCCC[C@H]3C(=O)O2)C[C@H]1OC. The second-order valence-corrected chi connectivity index (χ2v) is 23.0. The van der Waals surface area contributed by atoms with Gasteiger partial charge >= 0.3 is 5.97 Å². The van der Waals surface area contributed by atoms with E-state index in [4.69, 9.17) is 60.6 Å². The fourth-order valence-corrected chi connectivity index (χ4v) is 11.4. The van der Waals surface area contributed by atoms with Gasteiger partial charge in [0.1, 0.15) is 30.5 Å². The van der Waals surface area contributed by atoms with E-state index in [9.17, 15) is 39.6 Å². The molecule has 1 saturated carbocycles. The number of hydrogen-bond acceptors (Lipinski definition) is 19. The third-order valence-corrected chi connectivity index (χ3v) is 16.5. The molecule has 81 heavy (non-hydrogen) atoms. The average molecular weight is 1170 g/mol. The van der Waals surface area contributed by atoms with Crippen molar-refractivity contribution in [2.75, 3.05) is 80.2 Å². The molecule has 16 atom stereocenters. The van der Waals surface area contributed by atoms with Gasteiger partial charge in [0.25, 0.3) is 16.9 Å². The number of aliphatic hydroxyl groups excluding tert-OH is 3. The molecular formula is C60H99N3O17S. The highest BCUT2D eigenvalue weighted by Gasteiger charge is 2.53. The number of esters is 1. The van der Waals surface area contributed by atoms with Gasteiger partial charge in [-0.3, -0.25) is 14.4 Å². The predicted octanol–water partition coefficient (Wildman–Crippen LogP) is 4.99. The monoisotopic (exact) mass is 1170 g/mol. The number of thiocarbonyl (C=S) groups is 1. The number of allylic oxidation sites excluding steroid dienone is 5. The Bertz CT molecular complexity index is 2080. The zero-order chi connectivity index (χ0) is 59.6. The number of nitrogens with two attached hydrogens (primary N) is 1. The molecule has 462 valence electrons. The Hall–Kier alpha value is -3.55. The Balaban J connectivity index is 1.52. The van der Waals surface area contributed by atoms with Crippen molar-refractivity contribution in [1.82, 2.24) is 10.2 Å². The third kappa shape index (κ3) is 22.4. The van der Waals surface area contributed by atoms with E-state index in [1.54, 1.807) is 48.0 Å². The molecule has 1 amide bonds. The van der Waals surface area contributed by atoms with E-state index in [0.29, 0.717) is 117 Å². The third-order valence-electron chi connectivity index (χ3n) is 16.2. The van der Waals surface area contributed by atoms with Crippen LogP contribution < -0.4 is 11.1 Å². The van der Waals surface area contributed by atoms with Crippen molar-refractivity contribution in [3.05, 3.63) is 47.6 Å². The summed E-state index contributed by atoms with van der Waals surface area (Å²) >= 11 is 5.52. The summed E-state index contributed by atoms with van der Waals surface area (Å²) in [5.41, 5.74) is 8.15. The number of Topliss-reactive ketones (excluding diaryl/α,β-unsaturated/α-hetero) is 2. The van der Waals surface area contributed by atoms with Gasteiger partial charge in [0.05, 0.1) is 70.7 Å². The molecule has 20 nitrogen and oxygen atoms in total. The second-order valence-electron chi connectivity index (χ2n) is 22.6. The van der Waals surface area contributed by atoms with E-state index in [-0.39, 0.29) is 60.6 Å². The Kier molecular flexibility index (Phi) is 31.4. The van der Waals surface area contributed by atoms with E-state index in [0.717, 1.165) is 10.5 Å². The quantitative estimate of drug-likeness (QED) is 0.0327. The molecule has 7 N–H and O–H groups in total. The number of rotatable bonds is 19. The van der Waals surface area contributed by atoms with Gasteiger partial charge in [-0.1, -0.05) is 64.2 Å². The smallest absolute Gasteiger partial charge is 0.329 e. The number of nitrogens with zero attached hydrogens (tertiary/aromatic N) is 1. The summed E-state index contributed by atoms with van der Waals surface area (Å²) in [7, 11) is 3.16. The number of piperidine rings is 1. The first-order valence-electron chi connectivity index (χ1n) is 29.5. The molecule has 0 unspecified atom stereocenters. The van der Waals surface area contributed by atoms with E-state index in [2.05, 4.69) is 5.32 Å². The summed E-state index contributed by atoms with van der Waals surface area (Å²) in [4.78, 5) is 58.0. The highest BCUT2D eigenvalue weighted by atomic mass is 32.1. The Labute approximate surface area is 486 Å². The zero-order valence-electron chi connectivity index (χ0n) is 49.7. The Morgan fingerprint density at radius 3 is 2.15 bits per heavy atom. The second kappa shape index (κ2) is 36.3. The lowest BCUT2D eigenvalue weighted by atomic mass is 9.80. The van der Waals surface area contributed by atoms with Crippen LogP contribution in [0.2, 0.25) is 0 Å². The van der Waals surface area contributed by atoms with Crippen LogP contribution in [0.3, 0.4) is 0 Å². The number of aliphatic hydroxyl groups is 4. The molecule has 2 saturated heterocycles. The van der Waals surface area contributed by atoms with Gasteiger partial charge in [0, 0.05) is 70.6 Å². The first kappa shape index (κ1) is 69.9. The predicted molar refractivity (Wildman–Crippen MR) is 309 cm³/mol. The molecule has 3 aliphatic heterocycles. The molecule has 21 heteroatoms. The highest BCUT2D eigenvalue weighted by molar-refractivity contribution is 7.80. The van der Waals surface area contributed by atoms with E-state index in [1.807, 2.05) is 51.2 Å². The molecule has 0 aromatic rings. The van der Waals surface area contributed by atoms with Crippen molar-refractivity contribution in [1.29, 1.82) is 0 Å². The molecular weight excluding hydrogens is 1070 g/mol. The number of methoxy groups -OCH3 is 2. The molecule has 1 aliphatic carbocycles. The van der Waals surface area contributed by atoms with Crippen LogP contribution >= 0.6 is 12.2 Å². The Morgan fingerprint density at radius 1 is 0.802 bits per heavy atom. The van der Waals surface area contributed by atoms with Crippen molar-refractivity contribution in [2.45, 2.75) is 192 Å². The lowest BCUT2D eigenvalue weighted by Crippen LogP contribution is -2.61. The van der Waals surface area contributed by atoms with Gasteiger partial charge in [-0.25, -0.2) is 4.79 Å². The van der Waals surface area contributed by atoms with Crippen molar-refractivity contribution in [3.63, 3.8) is 0 Å². The van der Waals surface area contributed by atoms with Crippen LogP contribution in [0.25, 0.3) is 0 Å². The molecule has 0 spiro atoms. The maximum Gasteiger partial charge on any atom is 0.329 e. The summed E-state index contributed by atoms with van der Waals surface area (Å²) in [6.45, 7) is 16.8. The summed E-state index contributed by atoms with van der Waals surface area (Å²) in [5.74, 6) is -8.13. The minimum atomic E-state index is -2.47. The maximum absolute atomic E-state index is 14.6. The van der Waals surface area contributed by atoms with Gasteiger partial charge < -0.3 is 79.0 Å².